The summed E-state index contributed by atoms with van der Waals surface area (Å²) in [7, 11) is 1.77. The number of aryl methyl sites for hydroxylation is 2. The molecular weight excluding hydrogens is 258 g/mol. The Labute approximate surface area is 119 Å². The zero-order chi connectivity index (χ0) is 14.7. The number of nitrogens with one attached hydrogen (secondary N) is 1. The van der Waals surface area contributed by atoms with E-state index in [2.05, 4.69) is 15.3 Å². The van der Waals surface area contributed by atoms with Crippen LogP contribution in [0.15, 0.2) is 0 Å². The molecule has 7 heteroatoms. The number of hydrogen-bond donors (Lipinski definition) is 1. The molecule has 1 saturated heterocycles. The van der Waals surface area contributed by atoms with Gasteiger partial charge in [0, 0.05) is 20.1 Å². The van der Waals surface area contributed by atoms with Crippen LogP contribution in [0.4, 0.5) is 11.5 Å². The summed E-state index contributed by atoms with van der Waals surface area (Å²) in [5.41, 5.74) is 0.617. The third kappa shape index (κ3) is 2.92. The molecule has 0 aromatic carbocycles. The topological polar surface area (TPSA) is 76.2 Å². The largest absolute Gasteiger partial charge is 0.351 e. The number of nitro groups is 1. The summed E-state index contributed by atoms with van der Waals surface area (Å²) >= 11 is 0. The fourth-order valence-electron chi connectivity index (χ4n) is 2.96. The van der Waals surface area contributed by atoms with Crippen molar-refractivity contribution in [2.24, 2.45) is 13.0 Å². The van der Waals surface area contributed by atoms with Gasteiger partial charge >= 0.3 is 5.69 Å². The molecule has 0 amide bonds. The maximum absolute atomic E-state index is 11.3. The summed E-state index contributed by atoms with van der Waals surface area (Å²) in [6.07, 6.45) is 2.35. The molecule has 1 unspecified atom stereocenters. The summed E-state index contributed by atoms with van der Waals surface area (Å²) in [5, 5.41) is 18.9. The van der Waals surface area contributed by atoms with E-state index in [0.29, 0.717) is 17.4 Å². The number of aromatic nitrogens is 2. The monoisotopic (exact) mass is 281 g/mol. The first kappa shape index (κ1) is 14.8. The molecule has 20 heavy (non-hydrogen) atoms. The lowest BCUT2D eigenvalue weighted by molar-refractivity contribution is -0.384. The summed E-state index contributed by atoms with van der Waals surface area (Å²) in [6.45, 7) is 7.37. The number of rotatable bonds is 5. The Morgan fingerprint density at radius 3 is 2.90 bits per heavy atom. The van der Waals surface area contributed by atoms with Crippen LogP contribution in [0.2, 0.25) is 0 Å². The lowest BCUT2D eigenvalue weighted by Crippen LogP contribution is -2.39. The minimum atomic E-state index is -0.320. The van der Waals surface area contributed by atoms with E-state index in [9.17, 15) is 10.1 Å². The van der Waals surface area contributed by atoms with Crippen molar-refractivity contribution in [3.63, 3.8) is 0 Å². The highest BCUT2D eigenvalue weighted by atomic mass is 16.6. The van der Waals surface area contributed by atoms with Crippen LogP contribution in [-0.2, 0) is 7.05 Å². The molecule has 1 aromatic rings. The predicted octanol–water partition coefficient (Wildman–Crippen LogP) is 1.46. The van der Waals surface area contributed by atoms with Gasteiger partial charge in [0.05, 0.1) is 4.92 Å². The number of nitrogens with zero attached hydrogens (tertiary/aromatic N) is 4. The minimum absolute atomic E-state index is 0.137. The third-order valence-electron chi connectivity index (χ3n) is 3.90. The third-order valence-corrected chi connectivity index (χ3v) is 3.90. The van der Waals surface area contributed by atoms with Crippen molar-refractivity contribution >= 4 is 11.5 Å². The molecule has 2 rings (SSSR count). The molecule has 1 atom stereocenters. The van der Waals surface area contributed by atoms with Gasteiger partial charge < -0.3 is 10.2 Å². The molecule has 1 fully saturated rings. The van der Waals surface area contributed by atoms with E-state index in [0.717, 1.165) is 26.2 Å². The lowest BCUT2D eigenvalue weighted by Gasteiger charge is -2.30. The molecule has 0 saturated carbocycles. The minimum Gasteiger partial charge on any atom is -0.351 e. The van der Waals surface area contributed by atoms with Crippen molar-refractivity contribution in [3.8, 4) is 0 Å². The molecule has 1 N–H and O–H groups in total. The number of anilines is 1. The van der Waals surface area contributed by atoms with E-state index in [1.54, 1.807) is 18.7 Å². The predicted molar refractivity (Wildman–Crippen MR) is 78.1 cm³/mol. The highest BCUT2D eigenvalue weighted by Gasteiger charge is 2.29. The molecule has 1 aliphatic heterocycles. The van der Waals surface area contributed by atoms with Crippen molar-refractivity contribution in [2.75, 3.05) is 31.1 Å². The van der Waals surface area contributed by atoms with Crippen LogP contribution in [-0.4, -0.2) is 40.9 Å². The van der Waals surface area contributed by atoms with Crippen LogP contribution in [0.25, 0.3) is 0 Å². The molecule has 0 bridgehead atoms. The summed E-state index contributed by atoms with van der Waals surface area (Å²) < 4.78 is 1.63. The zero-order valence-corrected chi connectivity index (χ0v) is 12.4. The van der Waals surface area contributed by atoms with Crippen LogP contribution in [0.5, 0.6) is 0 Å². The second-order valence-corrected chi connectivity index (χ2v) is 5.39. The Balaban J connectivity index is 2.24. The van der Waals surface area contributed by atoms with Gasteiger partial charge in [-0.25, -0.2) is 4.68 Å². The second kappa shape index (κ2) is 6.21. The van der Waals surface area contributed by atoms with E-state index in [4.69, 9.17) is 0 Å². The maximum atomic E-state index is 11.3. The van der Waals surface area contributed by atoms with Crippen molar-refractivity contribution in [1.29, 1.82) is 0 Å². The molecule has 2 heterocycles. The smallest absolute Gasteiger partial charge is 0.333 e. The van der Waals surface area contributed by atoms with Gasteiger partial charge in [-0.05, 0) is 45.7 Å². The highest BCUT2D eigenvalue weighted by molar-refractivity contribution is 5.61. The Morgan fingerprint density at radius 2 is 2.35 bits per heavy atom. The fourth-order valence-corrected chi connectivity index (χ4v) is 2.96. The van der Waals surface area contributed by atoms with Gasteiger partial charge in [-0.3, -0.25) is 10.1 Å². The Morgan fingerprint density at radius 1 is 1.60 bits per heavy atom. The first-order valence-electron chi connectivity index (χ1n) is 7.18. The van der Waals surface area contributed by atoms with E-state index >= 15 is 0 Å². The average Bonchev–Trinajstić information content (AvgIpc) is 2.72. The van der Waals surface area contributed by atoms with Crippen LogP contribution < -0.4 is 10.2 Å². The van der Waals surface area contributed by atoms with E-state index < -0.39 is 0 Å². The van der Waals surface area contributed by atoms with E-state index in [1.807, 2.05) is 6.92 Å². The van der Waals surface area contributed by atoms with Gasteiger partial charge in [-0.1, -0.05) is 0 Å². The number of hydrogen-bond acceptors (Lipinski definition) is 5. The molecule has 0 radical (unpaired) electrons. The van der Waals surface area contributed by atoms with Crippen molar-refractivity contribution < 1.29 is 4.92 Å². The van der Waals surface area contributed by atoms with E-state index in [1.165, 1.54) is 12.8 Å². The molecule has 1 aliphatic rings. The van der Waals surface area contributed by atoms with Crippen LogP contribution in [0.1, 0.15) is 25.5 Å². The summed E-state index contributed by atoms with van der Waals surface area (Å²) in [5.74, 6) is 1.17. The molecule has 0 spiro atoms. The fraction of sp³-hybridized carbons (Fsp3) is 0.769. The average molecular weight is 281 g/mol. The summed E-state index contributed by atoms with van der Waals surface area (Å²) in [6, 6.07) is 0. The van der Waals surface area contributed by atoms with Gasteiger partial charge in [0.1, 0.15) is 5.69 Å². The van der Waals surface area contributed by atoms with Crippen LogP contribution in [0.3, 0.4) is 0 Å². The van der Waals surface area contributed by atoms with Gasteiger partial charge in [-0.2, -0.15) is 5.10 Å². The Bertz CT molecular complexity index is 479. The normalized spacial score (nSPS) is 19.1. The molecule has 1 aromatic heterocycles. The lowest BCUT2D eigenvalue weighted by atomic mass is 9.99. The molecule has 7 nitrogen and oxygen atoms in total. The van der Waals surface area contributed by atoms with Gasteiger partial charge in [-0.15, -0.1) is 0 Å². The Hall–Kier alpha value is -1.63. The van der Waals surface area contributed by atoms with Gasteiger partial charge in [0.2, 0.25) is 5.82 Å². The maximum Gasteiger partial charge on any atom is 0.333 e. The first-order valence-corrected chi connectivity index (χ1v) is 7.18. The number of piperidine rings is 1. The quantitative estimate of drug-likeness (QED) is 0.653. The van der Waals surface area contributed by atoms with Gasteiger partial charge in [0.15, 0.2) is 0 Å². The SMILES string of the molecule is CCN(CC1CCCNC1)c1c([N+](=O)[O-])c(C)nn1C. The molecular formula is C13H23N5O2. The first-order chi connectivity index (χ1) is 9.54. The summed E-state index contributed by atoms with van der Waals surface area (Å²) in [4.78, 5) is 13.0. The second-order valence-electron chi connectivity index (χ2n) is 5.39. The van der Waals surface area contributed by atoms with Gasteiger partial charge in [0.25, 0.3) is 0 Å². The van der Waals surface area contributed by atoms with Crippen molar-refractivity contribution in [3.05, 3.63) is 15.8 Å². The Kier molecular flexibility index (Phi) is 4.59. The van der Waals surface area contributed by atoms with Crippen LogP contribution >= 0.6 is 0 Å². The van der Waals surface area contributed by atoms with Crippen molar-refractivity contribution in [2.45, 2.75) is 26.7 Å². The zero-order valence-electron chi connectivity index (χ0n) is 12.4. The molecule has 0 aliphatic carbocycles. The van der Waals surface area contributed by atoms with Crippen LogP contribution in [0, 0.1) is 23.0 Å². The standard InChI is InChI=1S/C13H23N5O2/c1-4-17(9-11-6-5-7-14-8-11)13-12(18(19)20)10(2)15-16(13)3/h11,14H,4-9H2,1-3H3. The van der Waals surface area contributed by atoms with E-state index in [-0.39, 0.29) is 10.6 Å². The van der Waals surface area contributed by atoms with Crippen molar-refractivity contribution in [1.82, 2.24) is 15.1 Å². The molecule has 112 valence electrons. The highest BCUT2D eigenvalue weighted by Crippen LogP contribution is 2.31.